The molecule has 0 aliphatic heterocycles. The van der Waals surface area contributed by atoms with Gasteiger partial charge in [-0.05, 0) is 52.9 Å². The highest BCUT2D eigenvalue weighted by Gasteiger charge is 1.96. The minimum Gasteiger partial charge on any atom is -0.0995 e. The summed E-state index contributed by atoms with van der Waals surface area (Å²) in [6.45, 7) is 13.0. The van der Waals surface area contributed by atoms with Gasteiger partial charge < -0.3 is 0 Å². The van der Waals surface area contributed by atoms with Crippen LogP contribution < -0.4 is 0 Å². The molecule has 0 atom stereocenters. The molecule has 17 heavy (non-hydrogen) atoms. The number of allylic oxidation sites excluding steroid dienone is 5. The highest BCUT2D eigenvalue weighted by molar-refractivity contribution is 5.15. The largest absolute Gasteiger partial charge is 0.0995 e. The molecule has 0 aromatic heterocycles. The summed E-state index contributed by atoms with van der Waals surface area (Å²) in [6, 6.07) is 0. The van der Waals surface area contributed by atoms with Crippen LogP contribution in [0.15, 0.2) is 35.5 Å². The van der Waals surface area contributed by atoms with Crippen LogP contribution in [0.3, 0.4) is 0 Å². The molecule has 0 aromatic rings. The van der Waals surface area contributed by atoms with Crippen LogP contribution in [0.25, 0.3) is 0 Å². The summed E-state index contributed by atoms with van der Waals surface area (Å²) in [7, 11) is 0. The Morgan fingerprint density at radius 1 is 1.00 bits per heavy atom. The first-order valence-electron chi connectivity index (χ1n) is 7.02. The topological polar surface area (TPSA) is 0 Å². The smallest absolute Gasteiger partial charge is 0.0111 e. The molecular weight excluding hydrogens is 204 g/mol. The van der Waals surface area contributed by atoms with Crippen LogP contribution in [-0.4, -0.2) is 0 Å². The molecule has 0 rings (SSSR count). The molecule has 0 N–H and O–H groups in total. The SMILES string of the molecule is C=C(CC/C=C\CCCCC)CC(C)=C(C)C. The van der Waals surface area contributed by atoms with Gasteiger partial charge in [-0.25, -0.2) is 0 Å². The van der Waals surface area contributed by atoms with Crippen LogP contribution in [0.2, 0.25) is 0 Å². The maximum Gasteiger partial charge on any atom is -0.0111 e. The molecule has 0 fully saturated rings. The molecule has 0 amide bonds. The van der Waals surface area contributed by atoms with Crippen molar-refractivity contribution in [2.75, 3.05) is 0 Å². The van der Waals surface area contributed by atoms with E-state index < -0.39 is 0 Å². The standard InChI is InChI=1S/C17H30/c1-6-7-8-9-10-11-12-13-16(4)14-17(5)15(2)3/h10-11H,4,6-9,12-14H2,1-3,5H3/b11-10-. The van der Waals surface area contributed by atoms with Gasteiger partial charge in [-0.2, -0.15) is 0 Å². The van der Waals surface area contributed by atoms with Crippen LogP contribution in [-0.2, 0) is 0 Å². The number of rotatable bonds is 9. The molecule has 0 bridgehead atoms. The second-order valence-electron chi connectivity index (χ2n) is 5.21. The molecule has 0 heteroatoms. The summed E-state index contributed by atoms with van der Waals surface area (Å²) in [5, 5.41) is 0. The molecular formula is C17H30. The molecule has 0 aromatic carbocycles. The zero-order valence-corrected chi connectivity index (χ0v) is 12.3. The maximum absolute atomic E-state index is 4.16. The van der Waals surface area contributed by atoms with Crippen LogP contribution in [0, 0.1) is 0 Å². The second kappa shape index (κ2) is 10.4. The van der Waals surface area contributed by atoms with E-state index in [1.807, 2.05) is 0 Å². The van der Waals surface area contributed by atoms with E-state index in [9.17, 15) is 0 Å². The van der Waals surface area contributed by atoms with Gasteiger partial charge in [0.25, 0.3) is 0 Å². The predicted molar refractivity (Wildman–Crippen MR) is 80.3 cm³/mol. The third kappa shape index (κ3) is 10.1. The molecule has 0 saturated heterocycles. The van der Waals surface area contributed by atoms with Gasteiger partial charge in [0.05, 0.1) is 0 Å². The van der Waals surface area contributed by atoms with Crippen molar-refractivity contribution in [2.24, 2.45) is 0 Å². The highest BCUT2D eigenvalue weighted by Crippen LogP contribution is 2.17. The molecule has 0 aliphatic rings. The van der Waals surface area contributed by atoms with Crippen molar-refractivity contribution in [2.45, 2.75) is 72.6 Å². The lowest BCUT2D eigenvalue weighted by molar-refractivity contribution is 0.727. The summed E-state index contributed by atoms with van der Waals surface area (Å²) in [6.07, 6.45) is 13.3. The molecule has 0 heterocycles. The fourth-order valence-electron chi connectivity index (χ4n) is 1.68. The quantitative estimate of drug-likeness (QED) is 0.329. The minimum atomic E-state index is 1.08. The van der Waals surface area contributed by atoms with E-state index in [0.29, 0.717) is 0 Å². The van der Waals surface area contributed by atoms with Gasteiger partial charge in [-0.1, -0.05) is 55.2 Å². The predicted octanol–water partition coefficient (Wildman–Crippen LogP) is 6.21. The van der Waals surface area contributed by atoms with E-state index in [2.05, 4.69) is 46.4 Å². The van der Waals surface area contributed by atoms with Gasteiger partial charge >= 0.3 is 0 Å². The summed E-state index contributed by atoms with van der Waals surface area (Å²) in [5.41, 5.74) is 4.27. The van der Waals surface area contributed by atoms with Crippen LogP contribution in [0.5, 0.6) is 0 Å². The molecule has 0 unspecified atom stereocenters. The molecule has 0 saturated carbocycles. The van der Waals surface area contributed by atoms with E-state index in [1.165, 1.54) is 42.4 Å². The van der Waals surface area contributed by atoms with Gasteiger partial charge in [0.1, 0.15) is 0 Å². The van der Waals surface area contributed by atoms with Crippen molar-refractivity contribution < 1.29 is 0 Å². The van der Waals surface area contributed by atoms with E-state index in [4.69, 9.17) is 0 Å². The van der Waals surface area contributed by atoms with Crippen molar-refractivity contribution in [3.05, 3.63) is 35.5 Å². The molecule has 0 aliphatic carbocycles. The third-order valence-electron chi connectivity index (χ3n) is 3.17. The van der Waals surface area contributed by atoms with Gasteiger partial charge in [0.2, 0.25) is 0 Å². The highest BCUT2D eigenvalue weighted by atomic mass is 14.0. The fraction of sp³-hybridized carbons (Fsp3) is 0.647. The zero-order valence-electron chi connectivity index (χ0n) is 12.3. The Labute approximate surface area is 109 Å². The summed E-state index contributed by atoms with van der Waals surface area (Å²) >= 11 is 0. The van der Waals surface area contributed by atoms with E-state index >= 15 is 0 Å². The first-order chi connectivity index (χ1) is 8.07. The Morgan fingerprint density at radius 2 is 1.65 bits per heavy atom. The Hall–Kier alpha value is -0.780. The fourth-order valence-corrected chi connectivity index (χ4v) is 1.68. The van der Waals surface area contributed by atoms with Crippen LogP contribution in [0.1, 0.15) is 72.6 Å². The third-order valence-corrected chi connectivity index (χ3v) is 3.17. The lowest BCUT2D eigenvalue weighted by Crippen LogP contribution is -1.86. The molecule has 0 radical (unpaired) electrons. The van der Waals surface area contributed by atoms with Crippen molar-refractivity contribution in [1.82, 2.24) is 0 Å². The van der Waals surface area contributed by atoms with Crippen LogP contribution in [0.4, 0.5) is 0 Å². The molecule has 98 valence electrons. The summed E-state index contributed by atoms with van der Waals surface area (Å²) < 4.78 is 0. The lowest BCUT2D eigenvalue weighted by atomic mass is 10.0. The maximum atomic E-state index is 4.16. The van der Waals surface area contributed by atoms with Crippen molar-refractivity contribution in [3.63, 3.8) is 0 Å². The number of hydrogen-bond donors (Lipinski definition) is 0. The van der Waals surface area contributed by atoms with Gasteiger partial charge in [0, 0.05) is 0 Å². The monoisotopic (exact) mass is 234 g/mol. The zero-order chi connectivity index (χ0) is 13.1. The average Bonchev–Trinajstić information content (AvgIpc) is 2.27. The summed E-state index contributed by atoms with van der Waals surface area (Å²) in [4.78, 5) is 0. The normalized spacial score (nSPS) is 10.8. The number of hydrogen-bond acceptors (Lipinski definition) is 0. The van der Waals surface area contributed by atoms with Crippen LogP contribution >= 0.6 is 0 Å². The Morgan fingerprint density at radius 3 is 2.24 bits per heavy atom. The van der Waals surface area contributed by atoms with Gasteiger partial charge in [-0.15, -0.1) is 0 Å². The first-order valence-corrected chi connectivity index (χ1v) is 7.02. The molecule has 0 nitrogen and oxygen atoms in total. The molecule has 0 spiro atoms. The van der Waals surface area contributed by atoms with Crippen molar-refractivity contribution in [1.29, 1.82) is 0 Å². The van der Waals surface area contributed by atoms with Crippen molar-refractivity contribution >= 4 is 0 Å². The lowest BCUT2D eigenvalue weighted by Gasteiger charge is -2.06. The Kier molecular flexibility index (Phi) is 9.90. The Bertz CT molecular complexity index is 262. The Balaban J connectivity index is 3.61. The second-order valence-corrected chi connectivity index (χ2v) is 5.21. The summed E-state index contributed by atoms with van der Waals surface area (Å²) in [5.74, 6) is 0. The van der Waals surface area contributed by atoms with Gasteiger partial charge in [0.15, 0.2) is 0 Å². The minimum absolute atomic E-state index is 1.08. The van der Waals surface area contributed by atoms with E-state index in [-0.39, 0.29) is 0 Å². The number of unbranched alkanes of at least 4 members (excludes halogenated alkanes) is 3. The van der Waals surface area contributed by atoms with E-state index in [0.717, 1.165) is 19.3 Å². The average molecular weight is 234 g/mol. The first kappa shape index (κ1) is 16.2. The van der Waals surface area contributed by atoms with Crippen molar-refractivity contribution in [3.8, 4) is 0 Å². The van der Waals surface area contributed by atoms with E-state index in [1.54, 1.807) is 0 Å². The van der Waals surface area contributed by atoms with Gasteiger partial charge in [-0.3, -0.25) is 0 Å².